The highest BCUT2D eigenvalue weighted by Gasteiger charge is 2.19. The van der Waals surface area contributed by atoms with Crippen LogP contribution in [0.15, 0.2) is 12.1 Å². The van der Waals surface area contributed by atoms with Crippen LogP contribution in [-0.2, 0) is 16.4 Å². The first kappa shape index (κ1) is 17.2. The molecule has 0 atom stereocenters. The van der Waals surface area contributed by atoms with Crippen LogP contribution >= 0.6 is 0 Å². The van der Waals surface area contributed by atoms with Crippen molar-refractivity contribution in [3.63, 3.8) is 0 Å². The van der Waals surface area contributed by atoms with Gasteiger partial charge in [0.2, 0.25) is 0 Å². The SMILES string of the molecule is CCS(=O)(=O)CCOc1cc([N+](=O)[O-])c(CN)cc1OC. The Hall–Kier alpha value is -1.87. The Kier molecular flexibility index (Phi) is 5.91. The second kappa shape index (κ2) is 7.23. The van der Waals surface area contributed by atoms with Crippen molar-refractivity contribution < 1.29 is 22.8 Å². The van der Waals surface area contributed by atoms with Crippen LogP contribution in [-0.4, -0.2) is 38.6 Å². The van der Waals surface area contributed by atoms with Gasteiger partial charge in [0.05, 0.1) is 23.9 Å². The molecule has 0 aliphatic heterocycles. The van der Waals surface area contributed by atoms with E-state index in [1.165, 1.54) is 26.2 Å². The zero-order valence-electron chi connectivity index (χ0n) is 11.9. The number of nitro benzene ring substituents is 1. The summed E-state index contributed by atoms with van der Waals surface area (Å²) in [5.41, 5.74) is 5.58. The lowest BCUT2D eigenvalue weighted by Crippen LogP contribution is -2.16. The molecule has 0 unspecified atom stereocenters. The third kappa shape index (κ3) is 4.57. The van der Waals surface area contributed by atoms with Crippen LogP contribution in [0, 0.1) is 10.1 Å². The highest BCUT2D eigenvalue weighted by Crippen LogP contribution is 2.34. The second-order valence-corrected chi connectivity index (χ2v) is 6.65. The number of ether oxygens (including phenoxy) is 2. The predicted molar refractivity (Wildman–Crippen MR) is 77.4 cm³/mol. The van der Waals surface area contributed by atoms with Gasteiger partial charge in [-0.2, -0.15) is 0 Å². The number of methoxy groups -OCH3 is 1. The summed E-state index contributed by atoms with van der Waals surface area (Å²) in [4.78, 5) is 10.4. The maximum absolute atomic E-state index is 11.4. The second-order valence-electron chi connectivity index (χ2n) is 4.18. The van der Waals surface area contributed by atoms with Crippen LogP contribution in [0.2, 0.25) is 0 Å². The molecule has 0 aliphatic rings. The van der Waals surface area contributed by atoms with Gasteiger partial charge in [-0.3, -0.25) is 10.1 Å². The Morgan fingerprint density at radius 1 is 1.33 bits per heavy atom. The number of hydrogen-bond acceptors (Lipinski definition) is 7. The van der Waals surface area contributed by atoms with Crippen molar-refractivity contribution in [1.29, 1.82) is 0 Å². The quantitative estimate of drug-likeness (QED) is 0.557. The lowest BCUT2D eigenvalue weighted by molar-refractivity contribution is -0.385. The fourth-order valence-electron chi connectivity index (χ4n) is 1.62. The molecule has 2 N–H and O–H groups in total. The fraction of sp³-hybridized carbons (Fsp3) is 0.500. The first-order valence-corrected chi connectivity index (χ1v) is 8.05. The van der Waals surface area contributed by atoms with Crippen molar-refractivity contribution in [2.24, 2.45) is 5.73 Å². The normalized spacial score (nSPS) is 11.2. The molecule has 21 heavy (non-hydrogen) atoms. The van der Waals surface area contributed by atoms with Crippen LogP contribution < -0.4 is 15.2 Å². The highest BCUT2D eigenvalue weighted by molar-refractivity contribution is 7.91. The number of nitro groups is 1. The van der Waals surface area contributed by atoms with E-state index in [4.69, 9.17) is 15.2 Å². The van der Waals surface area contributed by atoms with Crippen LogP contribution in [0.3, 0.4) is 0 Å². The summed E-state index contributed by atoms with van der Waals surface area (Å²) in [7, 11) is -1.78. The average Bonchev–Trinajstić information content (AvgIpc) is 2.46. The van der Waals surface area contributed by atoms with Gasteiger partial charge in [0.25, 0.3) is 5.69 Å². The third-order valence-electron chi connectivity index (χ3n) is 2.87. The standard InChI is InChI=1S/C12H18N2O6S/c1-3-21(17,18)5-4-20-12-7-10(14(15)16)9(8-13)6-11(12)19-2/h6-7H,3-5,8,13H2,1-2H3. The lowest BCUT2D eigenvalue weighted by atomic mass is 10.1. The van der Waals surface area contributed by atoms with Gasteiger partial charge in [0.1, 0.15) is 6.61 Å². The summed E-state index contributed by atoms with van der Waals surface area (Å²) in [6.45, 7) is 1.42. The van der Waals surface area contributed by atoms with E-state index in [9.17, 15) is 18.5 Å². The van der Waals surface area contributed by atoms with Crippen molar-refractivity contribution in [1.82, 2.24) is 0 Å². The zero-order chi connectivity index (χ0) is 16.0. The predicted octanol–water partition coefficient (Wildman–Crippen LogP) is 0.876. The molecule has 0 radical (unpaired) electrons. The molecule has 0 amide bonds. The van der Waals surface area contributed by atoms with E-state index in [1.807, 2.05) is 0 Å². The van der Waals surface area contributed by atoms with E-state index in [1.54, 1.807) is 0 Å². The Morgan fingerprint density at radius 2 is 2.00 bits per heavy atom. The van der Waals surface area contributed by atoms with Crippen molar-refractivity contribution in [3.8, 4) is 11.5 Å². The summed E-state index contributed by atoms with van der Waals surface area (Å²) >= 11 is 0. The van der Waals surface area contributed by atoms with E-state index >= 15 is 0 Å². The van der Waals surface area contributed by atoms with E-state index in [2.05, 4.69) is 0 Å². The molecule has 9 heteroatoms. The topological polar surface area (TPSA) is 122 Å². The number of hydrogen-bond donors (Lipinski definition) is 1. The molecule has 0 bridgehead atoms. The first-order valence-electron chi connectivity index (χ1n) is 6.23. The number of rotatable bonds is 8. The van der Waals surface area contributed by atoms with Crippen molar-refractivity contribution in [2.75, 3.05) is 25.2 Å². The molecular formula is C12H18N2O6S. The van der Waals surface area contributed by atoms with Crippen molar-refractivity contribution in [3.05, 3.63) is 27.8 Å². The monoisotopic (exact) mass is 318 g/mol. The van der Waals surface area contributed by atoms with Gasteiger partial charge in [-0.1, -0.05) is 6.92 Å². The highest BCUT2D eigenvalue weighted by atomic mass is 32.2. The van der Waals surface area contributed by atoms with Crippen molar-refractivity contribution in [2.45, 2.75) is 13.5 Å². The summed E-state index contributed by atoms with van der Waals surface area (Å²) in [5.74, 6) is 0.237. The van der Waals surface area contributed by atoms with Gasteiger partial charge < -0.3 is 15.2 Å². The third-order valence-corrected chi connectivity index (χ3v) is 4.54. The Balaban J connectivity index is 3.00. The molecule has 1 aromatic rings. The van der Waals surface area contributed by atoms with Crippen LogP contribution in [0.5, 0.6) is 11.5 Å². The molecule has 0 spiro atoms. The van der Waals surface area contributed by atoms with Crippen LogP contribution in [0.4, 0.5) is 5.69 Å². The van der Waals surface area contributed by atoms with E-state index in [0.29, 0.717) is 5.56 Å². The Bertz CT molecular complexity index is 614. The maximum atomic E-state index is 11.4. The Morgan fingerprint density at radius 3 is 2.48 bits per heavy atom. The molecule has 0 saturated heterocycles. The van der Waals surface area contributed by atoms with Gasteiger partial charge in [0.15, 0.2) is 21.3 Å². The summed E-state index contributed by atoms with van der Waals surface area (Å²) in [6, 6.07) is 2.61. The summed E-state index contributed by atoms with van der Waals surface area (Å²) in [6.07, 6.45) is 0. The molecule has 0 saturated carbocycles. The molecule has 1 aromatic carbocycles. The molecule has 0 aliphatic carbocycles. The van der Waals surface area contributed by atoms with Crippen molar-refractivity contribution >= 4 is 15.5 Å². The number of sulfone groups is 1. The summed E-state index contributed by atoms with van der Waals surface area (Å²) < 4.78 is 33.2. The van der Waals surface area contributed by atoms with E-state index in [0.717, 1.165) is 0 Å². The molecule has 1 rings (SSSR count). The van der Waals surface area contributed by atoms with Gasteiger partial charge in [-0.15, -0.1) is 0 Å². The number of nitrogens with zero attached hydrogens (tertiary/aromatic N) is 1. The first-order chi connectivity index (χ1) is 9.84. The molecule has 8 nitrogen and oxygen atoms in total. The minimum absolute atomic E-state index is 0.0136. The molecule has 118 valence electrons. The van der Waals surface area contributed by atoms with Gasteiger partial charge in [-0.05, 0) is 6.07 Å². The van der Waals surface area contributed by atoms with Gasteiger partial charge in [0, 0.05) is 17.9 Å². The average molecular weight is 318 g/mol. The molecule has 0 fully saturated rings. The minimum atomic E-state index is -3.17. The van der Waals surface area contributed by atoms with Gasteiger partial charge >= 0.3 is 0 Å². The zero-order valence-corrected chi connectivity index (χ0v) is 12.7. The molecular weight excluding hydrogens is 300 g/mol. The van der Waals surface area contributed by atoms with E-state index < -0.39 is 14.8 Å². The molecule has 0 heterocycles. The molecule has 0 aromatic heterocycles. The Labute approximate surface area is 122 Å². The van der Waals surface area contributed by atoms with E-state index in [-0.39, 0.29) is 41.8 Å². The van der Waals surface area contributed by atoms with Crippen LogP contribution in [0.25, 0.3) is 0 Å². The summed E-state index contributed by atoms with van der Waals surface area (Å²) in [5, 5.41) is 11.0. The lowest BCUT2D eigenvalue weighted by Gasteiger charge is -2.12. The van der Waals surface area contributed by atoms with Gasteiger partial charge in [-0.25, -0.2) is 8.42 Å². The number of benzene rings is 1. The minimum Gasteiger partial charge on any atom is -0.493 e. The number of nitrogens with two attached hydrogens (primary N) is 1. The largest absolute Gasteiger partial charge is 0.493 e. The van der Waals surface area contributed by atoms with Crippen LogP contribution in [0.1, 0.15) is 12.5 Å². The smallest absolute Gasteiger partial charge is 0.277 e. The fourth-order valence-corrected chi connectivity index (χ4v) is 2.25. The maximum Gasteiger partial charge on any atom is 0.277 e.